The first-order valence-electron chi connectivity index (χ1n) is 10.4. The predicted molar refractivity (Wildman–Crippen MR) is 116 cm³/mol. The number of nitrogens with zero attached hydrogens (tertiary/aromatic N) is 1. The maximum atomic E-state index is 13.3. The molecule has 3 rings (SSSR count). The van der Waals surface area contributed by atoms with Gasteiger partial charge in [-0.1, -0.05) is 24.3 Å². The minimum absolute atomic E-state index is 0.0249. The molecule has 0 radical (unpaired) electrons. The van der Waals surface area contributed by atoms with Crippen LogP contribution in [-0.4, -0.2) is 43.0 Å². The van der Waals surface area contributed by atoms with Gasteiger partial charge in [0, 0.05) is 18.2 Å². The van der Waals surface area contributed by atoms with E-state index in [4.69, 9.17) is 9.47 Å². The minimum atomic E-state index is -0.203. The molecular weight excluding hydrogens is 380 g/mol. The highest BCUT2D eigenvalue weighted by atomic mass is 16.5. The van der Waals surface area contributed by atoms with Gasteiger partial charge in [0.2, 0.25) is 0 Å². The summed E-state index contributed by atoms with van der Waals surface area (Å²) in [5.74, 6) is 0.642. The highest BCUT2D eigenvalue weighted by Gasteiger charge is 2.31. The van der Waals surface area contributed by atoms with E-state index in [0.717, 1.165) is 19.4 Å². The Kier molecular flexibility index (Phi) is 6.98. The van der Waals surface area contributed by atoms with Crippen molar-refractivity contribution in [3.63, 3.8) is 0 Å². The molecule has 1 aliphatic heterocycles. The number of carbonyl (C=O) groups excluding carboxylic acids is 2. The largest absolute Gasteiger partial charge is 0.493 e. The molecule has 0 aromatic heterocycles. The van der Waals surface area contributed by atoms with Crippen LogP contribution in [0.15, 0.2) is 42.5 Å². The van der Waals surface area contributed by atoms with Gasteiger partial charge >= 0.3 is 0 Å². The van der Waals surface area contributed by atoms with E-state index >= 15 is 0 Å². The lowest BCUT2D eigenvalue weighted by molar-refractivity contribution is -0.123. The van der Waals surface area contributed by atoms with Crippen molar-refractivity contribution in [1.29, 1.82) is 0 Å². The number of benzene rings is 2. The van der Waals surface area contributed by atoms with Crippen LogP contribution in [0.25, 0.3) is 0 Å². The van der Waals surface area contributed by atoms with Crippen molar-refractivity contribution in [2.45, 2.75) is 45.7 Å². The number of nitrogens with one attached hydrogen (secondary N) is 1. The van der Waals surface area contributed by atoms with Gasteiger partial charge in [-0.15, -0.1) is 0 Å². The molecule has 160 valence electrons. The van der Waals surface area contributed by atoms with Crippen molar-refractivity contribution in [1.82, 2.24) is 10.2 Å². The summed E-state index contributed by atoms with van der Waals surface area (Å²) in [7, 11) is 1.52. The number of amides is 2. The molecule has 1 unspecified atom stereocenters. The zero-order chi connectivity index (χ0) is 21.7. The van der Waals surface area contributed by atoms with E-state index in [2.05, 4.69) is 24.4 Å². The summed E-state index contributed by atoms with van der Waals surface area (Å²) in [5, 5.41) is 2.78. The highest BCUT2D eigenvalue weighted by Crippen LogP contribution is 2.36. The minimum Gasteiger partial charge on any atom is -0.493 e. The van der Waals surface area contributed by atoms with E-state index in [-0.39, 0.29) is 30.5 Å². The summed E-state index contributed by atoms with van der Waals surface area (Å²) in [6.07, 6.45) is 1.94. The second-order valence-corrected chi connectivity index (χ2v) is 7.89. The normalized spacial score (nSPS) is 15.9. The lowest BCUT2D eigenvalue weighted by Gasteiger charge is -2.26. The second-order valence-electron chi connectivity index (χ2n) is 7.89. The molecule has 30 heavy (non-hydrogen) atoms. The molecule has 0 aliphatic carbocycles. The van der Waals surface area contributed by atoms with Gasteiger partial charge in [-0.2, -0.15) is 0 Å². The second kappa shape index (κ2) is 9.65. The maximum absolute atomic E-state index is 13.3. The van der Waals surface area contributed by atoms with E-state index in [1.807, 2.05) is 30.9 Å². The number of likely N-dealkylation sites (tertiary alicyclic amines) is 1. The van der Waals surface area contributed by atoms with Crippen molar-refractivity contribution < 1.29 is 19.1 Å². The fourth-order valence-corrected chi connectivity index (χ4v) is 3.89. The van der Waals surface area contributed by atoms with Crippen LogP contribution in [0.3, 0.4) is 0 Å². The van der Waals surface area contributed by atoms with Gasteiger partial charge in [0.1, 0.15) is 0 Å². The summed E-state index contributed by atoms with van der Waals surface area (Å²) >= 11 is 0. The van der Waals surface area contributed by atoms with Crippen molar-refractivity contribution >= 4 is 11.8 Å². The van der Waals surface area contributed by atoms with Gasteiger partial charge in [-0.3, -0.25) is 9.59 Å². The Balaban J connectivity index is 1.76. The number of methoxy groups -OCH3 is 1. The summed E-state index contributed by atoms with van der Waals surface area (Å²) in [4.78, 5) is 27.0. The van der Waals surface area contributed by atoms with Gasteiger partial charge in [0.05, 0.1) is 13.2 Å². The zero-order valence-corrected chi connectivity index (χ0v) is 18.1. The number of rotatable bonds is 7. The highest BCUT2D eigenvalue weighted by molar-refractivity contribution is 5.95. The molecule has 1 fully saturated rings. The molecule has 2 aromatic rings. The molecular formula is C24H30N2O4. The van der Waals surface area contributed by atoms with Crippen LogP contribution in [0, 0.1) is 6.92 Å². The topological polar surface area (TPSA) is 67.9 Å². The fourth-order valence-electron chi connectivity index (χ4n) is 3.89. The summed E-state index contributed by atoms with van der Waals surface area (Å²) in [5.41, 5.74) is 2.95. The molecule has 2 aromatic carbocycles. The maximum Gasteiger partial charge on any atom is 0.258 e. The molecule has 1 heterocycles. The molecule has 0 spiro atoms. The number of hydrogen-bond donors (Lipinski definition) is 1. The molecule has 1 atom stereocenters. The molecule has 1 N–H and O–H groups in total. The first kappa shape index (κ1) is 21.7. The van der Waals surface area contributed by atoms with E-state index in [1.165, 1.54) is 18.2 Å². The van der Waals surface area contributed by atoms with Crippen LogP contribution < -0.4 is 14.8 Å². The fraction of sp³-hybridized carbons (Fsp3) is 0.417. The zero-order valence-electron chi connectivity index (χ0n) is 18.1. The molecule has 6 nitrogen and oxygen atoms in total. The summed E-state index contributed by atoms with van der Waals surface area (Å²) in [6.45, 7) is 6.49. The van der Waals surface area contributed by atoms with Crippen LogP contribution >= 0.6 is 0 Å². The summed E-state index contributed by atoms with van der Waals surface area (Å²) in [6, 6.07) is 13.5. The van der Waals surface area contributed by atoms with Gasteiger partial charge in [0.25, 0.3) is 11.8 Å². The lowest BCUT2D eigenvalue weighted by atomic mass is 9.99. The Bertz CT molecular complexity index is 910. The van der Waals surface area contributed by atoms with Crippen molar-refractivity contribution in [3.05, 3.63) is 59.2 Å². The Morgan fingerprint density at radius 3 is 2.63 bits per heavy atom. The Labute approximate surface area is 178 Å². The lowest BCUT2D eigenvalue weighted by Crippen LogP contribution is -2.34. The third-order valence-electron chi connectivity index (χ3n) is 5.28. The predicted octanol–water partition coefficient (Wildman–Crippen LogP) is 3.88. The molecule has 1 saturated heterocycles. The Morgan fingerprint density at radius 1 is 1.17 bits per heavy atom. The molecule has 0 bridgehead atoms. The van der Waals surface area contributed by atoms with Crippen molar-refractivity contribution in [2.75, 3.05) is 20.3 Å². The quantitative estimate of drug-likeness (QED) is 0.752. The van der Waals surface area contributed by atoms with E-state index < -0.39 is 0 Å². The van der Waals surface area contributed by atoms with Crippen LogP contribution in [0.2, 0.25) is 0 Å². The van der Waals surface area contributed by atoms with Crippen LogP contribution in [0.1, 0.15) is 54.2 Å². The molecule has 2 amide bonds. The number of carbonyl (C=O) groups is 2. The smallest absolute Gasteiger partial charge is 0.258 e. The third kappa shape index (κ3) is 4.93. The van der Waals surface area contributed by atoms with Crippen LogP contribution in [0.5, 0.6) is 11.5 Å². The standard InChI is InChI=1S/C24H30N2O4/c1-16(2)25-23(27)15-30-21-12-11-18(14-22(21)29-4)24(28)26-13-7-10-20(26)19-9-6-5-8-17(19)3/h5-6,8-9,11-12,14,16,20H,7,10,13,15H2,1-4H3,(H,25,27). The van der Waals surface area contributed by atoms with E-state index in [1.54, 1.807) is 18.2 Å². The van der Waals surface area contributed by atoms with Crippen molar-refractivity contribution in [3.8, 4) is 11.5 Å². The van der Waals surface area contributed by atoms with E-state index in [9.17, 15) is 9.59 Å². The first-order chi connectivity index (χ1) is 14.4. The average molecular weight is 411 g/mol. The van der Waals surface area contributed by atoms with Crippen LogP contribution in [0.4, 0.5) is 0 Å². The number of aryl methyl sites for hydroxylation is 1. The van der Waals surface area contributed by atoms with Gasteiger partial charge in [-0.05, 0) is 62.9 Å². The van der Waals surface area contributed by atoms with Gasteiger partial charge < -0.3 is 19.7 Å². The number of hydrogen-bond acceptors (Lipinski definition) is 4. The number of ether oxygens (including phenoxy) is 2. The van der Waals surface area contributed by atoms with E-state index in [0.29, 0.717) is 17.1 Å². The average Bonchev–Trinajstić information content (AvgIpc) is 3.21. The molecule has 1 aliphatic rings. The molecule has 0 saturated carbocycles. The Morgan fingerprint density at radius 2 is 1.93 bits per heavy atom. The van der Waals surface area contributed by atoms with Gasteiger partial charge in [-0.25, -0.2) is 0 Å². The van der Waals surface area contributed by atoms with Crippen LogP contribution in [-0.2, 0) is 4.79 Å². The Hall–Kier alpha value is -3.02. The van der Waals surface area contributed by atoms with Crippen molar-refractivity contribution in [2.24, 2.45) is 0 Å². The molecule has 6 heteroatoms. The first-order valence-corrected chi connectivity index (χ1v) is 10.4. The van der Waals surface area contributed by atoms with Gasteiger partial charge in [0.15, 0.2) is 18.1 Å². The monoisotopic (exact) mass is 410 g/mol. The summed E-state index contributed by atoms with van der Waals surface area (Å²) < 4.78 is 11.0. The SMILES string of the molecule is COc1cc(C(=O)N2CCCC2c2ccccc2C)ccc1OCC(=O)NC(C)C. The third-order valence-corrected chi connectivity index (χ3v) is 5.28.